The third-order valence-electron chi connectivity index (χ3n) is 5.45. The van der Waals surface area contributed by atoms with Gasteiger partial charge in [0.25, 0.3) is 0 Å². The molecule has 1 aromatic carbocycles. The lowest BCUT2D eigenvalue weighted by Crippen LogP contribution is -2.36. The van der Waals surface area contributed by atoms with Crippen molar-refractivity contribution < 1.29 is 0 Å². The van der Waals surface area contributed by atoms with Crippen molar-refractivity contribution in [2.75, 3.05) is 19.6 Å². The quantitative estimate of drug-likeness (QED) is 0.883. The molecule has 3 atom stereocenters. The van der Waals surface area contributed by atoms with Crippen molar-refractivity contribution in [2.24, 2.45) is 11.8 Å². The van der Waals surface area contributed by atoms with Gasteiger partial charge in [-0.25, -0.2) is 4.98 Å². The fraction of sp³-hybridized carbons (Fsp3) is 0.526. The second-order valence-corrected chi connectivity index (χ2v) is 7.69. The molecular formula is C19H25N3S. The van der Waals surface area contributed by atoms with Gasteiger partial charge in [0.2, 0.25) is 0 Å². The maximum absolute atomic E-state index is 4.38. The molecule has 1 aliphatic carbocycles. The highest BCUT2D eigenvalue weighted by atomic mass is 32.1. The Morgan fingerprint density at radius 3 is 2.91 bits per heavy atom. The first-order valence-corrected chi connectivity index (χ1v) is 9.69. The molecule has 3 nitrogen and oxygen atoms in total. The van der Waals surface area contributed by atoms with Crippen molar-refractivity contribution in [3.05, 3.63) is 52.5 Å². The lowest BCUT2D eigenvalue weighted by atomic mass is 9.98. The van der Waals surface area contributed by atoms with Crippen LogP contribution in [0.25, 0.3) is 0 Å². The van der Waals surface area contributed by atoms with Gasteiger partial charge in [0.1, 0.15) is 0 Å². The molecule has 1 aromatic heterocycles. The molecule has 2 aromatic rings. The Kier molecular flexibility index (Phi) is 4.74. The summed E-state index contributed by atoms with van der Waals surface area (Å²) in [5, 5.41) is 5.98. The van der Waals surface area contributed by atoms with Crippen molar-refractivity contribution in [1.82, 2.24) is 15.2 Å². The molecule has 4 heteroatoms. The van der Waals surface area contributed by atoms with Crippen LogP contribution in [0.15, 0.2) is 41.2 Å². The third kappa shape index (κ3) is 3.65. The van der Waals surface area contributed by atoms with Gasteiger partial charge in [-0.15, -0.1) is 11.3 Å². The SMILES string of the molecule is c1ccc(CN2CC3CCC(NCCc4cscn4)C3C2)cc1. The first-order chi connectivity index (χ1) is 11.4. The summed E-state index contributed by atoms with van der Waals surface area (Å²) in [7, 11) is 0. The van der Waals surface area contributed by atoms with Crippen LogP contribution >= 0.6 is 11.3 Å². The van der Waals surface area contributed by atoms with Gasteiger partial charge in [-0.05, 0) is 30.2 Å². The fourth-order valence-corrected chi connectivity index (χ4v) is 4.92. The zero-order chi connectivity index (χ0) is 15.5. The van der Waals surface area contributed by atoms with E-state index in [2.05, 4.69) is 50.9 Å². The lowest BCUT2D eigenvalue weighted by molar-refractivity contribution is 0.289. The van der Waals surface area contributed by atoms with E-state index in [1.54, 1.807) is 11.3 Å². The Hall–Kier alpha value is -1.23. The van der Waals surface area contributed by atoms with Gasteiger partial charge < -0.3 is 5.32 Å². The second kappa shape index (κ2) is 7.12. The van der Waals surface area contributed by atoms with E-state index in [1.807, 2.05) is 5.51 Å². The summed E-state index contributed by atoms with van der Waals surface area (Å²) in [6.07, 6.45) is 3.81. The number of fused-ring (bicyclic) bond motifs is 1. The summed E-state index contributed by atoms with van der Waals surface area (Å²) in [6, 6.07) is 11.6. The Bertz CT molecular complexity index is 598. The number of benzene rings is 1. The van der Waals surface area contributed by atoms with Gasteiger partial charge in [0, 0.05) is 44.0 Å². The molecule has 2 heterocycles. The molecule has 1 saturated heterocycles. The summed E-state index contributed by atoms with van der Waals surface area (Å²) in [4.78, 5) is 7.03. The molecule has 3 unspecified atom stereocenters. The summed E-state index contributed by atoms with van der Waals surface area (Å²) in [5.41, 5.74) is 4.61. The van der Waals surface area contributed by atoms with E-state index in [0.29, 0.717) is 6.04 Å². The Morgan fingerprint density at radius 2 is 2.09 bits per heavy atom. The highest BCUT2D eigenvalue weighted by molar-refractivity contribution is 7.07. The topological polar surface area (TPSA) is 28.2 Å². The first-order valence-electron chi connectivity index (χ1n) is 8.75. The van der Waals surface area contributed by atoms with Gasteiger partial charge >= 0.3 is 0 Å². The molecule has 0 amide bonds. The number of nitrogens with zero attached hydrogens (tertiary/aromatic N) is 2. The zero-order valence-corrected chi connectivity index (χ0v) is 14.3. The van der Waals surface area contributed by atoms with Crippen molar-refractivity contribution in [1.29, 1.82) is 0 Å². The third-order valence-corrected chi connectivity index (χ3v) is 6.09. The monoisotopic (exact) mass is 327 g/mol. The predicted molar refractivity (Wildman–Crippen MR) is 95.5 cm³/mol. The summed E-state index contributed by atoms with van der Waals surface area (Å²) < 4.78 is 0. The molecule has 0 radical (unpaired) electrons. The number of hydrogen-bond acceptors (Lipinski definition) is 4. The Labute approximate surface area is 142 Å². The number of hydrogen-bond donors (Lipinski definition) is 1. The van der Waals surface area contributed by atoms with Gasteiger partial charge in [0.05, 0.1) is 11.2 Å². The minimum atomic E-state index is 0.708. The fourth-order valence-electron chi connectivity index (χ4n) is 4.33. The number of likely N-dealkylation sites (tertiary alicyclic amines) is 1. The van der Waals surface area contributed by atoms with E-state index < -0.39 is 0 Å². The summed E-state index contributed by atoms with van der Waals surface area (Å²) >= 11 is 1.69. The molecule has 23 heavy (non-hydrogen) atoms. The van der Waals surface area contributed by atoms with Crippen molar-refractivity contribution in [3.8, 4) is 0 Å². The molecule has 2 fully saturated rings. The molecule has 1 N–H and O–H groups in total. The van der Waals surface area contributed by atoms with Crippen LogP contribution in [-0.4, -0.2) is 35.6 Å². The molecule has 1 aliphatic heterocycles. The summed E-state index contributed by atoms with van der Waals surface area (Å²) in [6.45, 7) is 4.72. The largest absolute Gasteiger partial charge is 0.313 e. The molecular weight excluding hydrogens is 302 g/mol. The molecule has 122 valence electrons. The van der Waals surface area contributed by atoms with Crippen molar-refractivity contribution in [2.45, 2.75) is 31.8 Å². The molecule has 1 saturated carbocycles. The maximum Gasteiger partial charge on any atom is 0.0794 e. The summed E-state index contributed by atoms with van der Waals surface area (Å²) in [5.74, 6) is 1.74. The number of thiazole rings is 1. The smallest absolute Gasteiger partial charge is 0.0794 e. The van der Waals surface area contributed by atoms with Crippen LogP contribution in [0.5, 0.6) is 0 Å². The van der Waals surface area contributed by atoms with E-state index in [9.17, 15) is 0 Å². The normalized spacial score (nSPS) is 27.4. The molecule has 0 bridgehead atoms. The average molecular weight is 327 g/mol. The van der Waals surface area contributed by atoms with E-state index in [0.717, 1.165) is 31.3 Å². The standard InChI is InChI=1S/C19H25N3S/c1-2-4-15(5-3-1)10-22-11-16-6-7-19(18(16)12-22)20-9-8-17-13-23-14-21-17/h1-5,13-14,16,18-20H,6-12H2. The van der Waals surface area contributed by atoms with E-state index in [1.165, 1.54) is 37.2 Å². The van der Waals surface area contributed by atoms with Gasteiger partial charge in [-0.1, -0.05) is 30.3 Å². The van der Waals surface area contributed by atoms with Crippen molar-refractivity contribution in [3.63, 3.8) is 0 Å². The maximum atomic E-state index is 4.38. The second-order valence-electron chi connectivity index (χ2n) is 6.97. The molecule has 2 aliphatic rings. The predicted octanol–water partition coefficient (Wildman–Crippen LogP) is 3.19. The van der Waals surface area contributed by atoms with E-state index in [-0.39, 0.29) is 0 Å². The number of nitrogens with one attached hydrogen (secondary N) is 1. The van der Waals surface area contributed by atoms with Crippen LogP contribution in [0.3, 0.4) is 0 Å². The van der Waals surface area contributed by atoms with E-state index in [4.69, 9.17) is 0 Å². The first kappa shape index (κ1) is 15.3. The van der Waals surface area contributed by atoms with Crippen LogP contribution in [0.4, 0.5) is 0 Å². The van der Waals surface area contributed by atoms with Gasteiger partial charge in [0.15, 0.2) is 0 Å². The van der Waals surface area contributed by atoms with E-state index >= 15 is 0 Å². The van der Waals surface area contributed by atoms with Crippen LogP contribution < -0.4 is 5.32 Å². The zero-order valence-electron chi connectivity index (χ0n) is 13.5. The van der Waals surface area contributed by atoms with Gasteiger partial charge in [-0.2, -0.15) is 0 Å². The highest BCUT2D eigenvalue weighted by Crippen LogP contribution is 2.38. The minimum Gasteiger partial charge on any atom is -0.313 e. The van der Waals surface area contributed by atoms with Crippen LogP contribution in [0.1, 0.15) is 24.1 Å². The van der Waals surface area contributed by atoms with Crippen LogP contribution in [0.2, 0.25) is 0 Å². The van der Waals surface area contributed by atoms with Crippen LogP contribution in [-0.2, 0) is 13.0 Å². The average Bonchev–Trinajstić information content (AvgIpc) is 3.27. The Morgan fingerprint density at radius 1 is 1.17 bits per heavy atom. The molecule has 0 spiro atoms. The lowest BCUT2D eigenvalue weighted by Gasteiger charge is -2.22. The van der Waals surface area contributed by atoms with Crippen molar-refractivity contribution >= 4 is 11.3 Å². The highest BCUT2D eigenvalue weighted by Gasteiger charge is 2.41. The van der Waals surface area contributed by atoms with Gasteiger partial charge in [-0.3, -0.25) is 4.90 Å². The van der Waals surface area contributed by atoms with Crippen LogP contribution in [0, 0.1) is 11.8 Å². The number of aromatic nitrogens is 1. The Balaban J connectivity index is 1.27. The molecule has 4 rings (SSSR count). The number of rotatable bonds is 6. The minimum absolute atomic E-state index is 0.708.